The summed E-state index contributed by atoms with van der Waals surface area (Å²) in [7, 11) is 0. The van der Waals surface area contributed by atoms with Crippen molar-refractivity contribution in [3.63, 3.8) is 0 Å². The molecule has 4 N–H and O–H groups in total. The highest BCUT2D eigenvalue weighted by atomic mass is 35.5. The van der Waals surface area contributed by atoms with Crippen LogP contribution in [0.25, 0.3) is 0 Å². The second kappa shape index (κ2) is 23.0. The van der Waals surface area contributed by atoms with Gasteiger partial charge in [-0.1, -0.05) is 107 Å². The minimum absolute atomic E-state index is 0.0186. The SMILES string of the molecule is CCc1cc(NC(=O)C(N=Nc2ccc(Cl)c(C(=O)Nc3cc(Cl)c(Cl)cc3Cl)c2)C(C)=O)cc(CC)c1NC(=O)C(N=Nc1ccc(Cl)c(C(=O)Nc2cc(Cl)c(Cl)cc2Cl)c1)C(C)=O. The first-order chi connectivity index (χ1) is 31.2. The fraction of sp³-hybridized carbons (Fsp3) is 0.182. The van der Waals surface area contributed by atoms with E-state index in [9.17, 15) is 28.8 Å². The van der Waals surface area contributed by atoms with Crippen LogP contribution in [0.3, 0.4) is 0 Å². The molecule has 0 heterocycles. The zero-order valence-corrected chi connectivity index (χ0v) is 40.8. The number of hydrogen-bond donors (Lipinski definition) is 4. The van der Waals surface area contributed by atoms with Gasteiger partial charge in [0.15, 0.2) is 11.6 Å². The van der Waals surface area contributed by atoms with Crippen LogP contribution in [0.15, 0.2) is 93.3 Å². The zero-order chi connectivity index (χ0) is 48.6. The number of nitrogens with one attached hydrogen (secondary N) is 4. The minimum Gasteiger partial charge on any atom is -0.324 e. The van der Waals surface area contributed by atoms with Gasteiger partial charge in [-0.3, -0.25) is 28.8 Å². The van der Waals surface area contributed by atoms with Crippen LogP contribution in [0.4, 0.5) is 34.1 Å². The molecule has 0 saturated carbocycles. The van der Waals surface area contributed by atoms with Gasteiger partial charge in [0.05, 0.1) is 74.1 Å². The fourth-order valence-electron chi connectivity index (χ4n) is 5.96. The number of hydrogen-bond acceptors (Lipinski definition) is 10. The number of halogens is 8. The number of ketones is 2. The molecule has 0 aliphatic carbocycles. The first kappa shape index (κ1) is 51.8. The number of carbonyl (C=O) groups excluding carboxylic acids is 6. The third kappa shape index (κ3) is 13.0. The Morgan fingerprint density at radius 1 is 0.470 bits per heavy atom. The fourth-order valence-corrected chi connectivity index (χ4v) is 7.56. The van der Waals surface area contributed by atoms with Gasteiger partial charge in [-0.15, -0.1) is 0 Å². The number of nitrogens with zero attached hydrogens (tertiary/aromatic N) is 4. The van der Waals surface area contributed by atoms with Crippen molar-refractivity contribution in [1.82, 2.24) is 0 Å². The molecule has 0 bridgehead atoms. The molecule has 4 amide bonds. The summed E-state index contributed by atoms with van der Waals surface area (Å²) in [6.07, 6.45) is 0.725. The summed E-state index contributed by atoms with van der Waals surface area (Å²) in [6, 6.07) is 13.7. The molecule has 0 saturated heterocycles. The van der Waals surface area contributed by atoms with Crippen molar-refractivity contribution in [2.75, 3.05) is 21.3 Å². The van der Waals surface area contributed by atoms with Crippen molar-refractivity contribution in [3.05, 3.63) is 135 Å². The van der Waals surface area contributed by atoms with Crippen LogP contribution in [-0.2, 0) is 32.0 Å². The lowest BCUT2D eigenvalue weighted by molar-refractivity contribution is -0.127. The van der Waals surface area contributed by atoms with Gasteiger partial charge in [0.2, 0.25) is 12.1 Å². The average molecular weight is 1050 g/mol. The maximum Gasteiger partial charge on any atom is 0.258 e. The molecule has 2 atom stereocenters. The molecule has 0 radical (unpaired) electrons. The maximum absolute atomic E-state index is 13.7. The van der Waals surface area contributed by atoms with Crippen molar-refractivity contribution in [3.8, 4) is 0 Å². The Balaban J connectivity index is 1.31. The Morgan fingerprint density at radius 2 is 0.848 bits per heavy atom. The Morgan fingerprint density at radius 3 is 1.23 bits per heavy atom. The van der Waals surface area contributed by atoms with Gasteiger partial charge in [0.25, 0.3) is 23.6 Å². The average Bonchev–Trinajstić information content (AvgIpc) is 3.25. The van der Waals surface area contributed by atoms with Crippen molar-refractivity contribution in [2.24, 2.45) is 20.5 Å². The van der Waals surface area contributed by atoms with E-state index in [0.29, 0.717) is 29.7 Å². The van der Waals surface area contributed by atoms with E-state index in [0.717, 1.165) is 0 Å². The van der Waals surface area contributed by atoms with Crippen molar-refractivity contribution in [2.45, 2.75) is 52.6 Å². The molecule has 0 aliphatic heterocycles. The van der Waals surface area contributed by atoms with E-state index < -0.39 is 47.3 Å². The topological polar surface area (TPSA) is 200 Å². The van der Waals surface area contributed by atoms with E-state index in [2.05, 4.69) is 41.7 Å². The molecular weight excluding hydrogens is 1020 g/mol. The second-order valence-electron chi connectivity index (χ2n) is 14.0. The molecule has 5 aromatic rings. The van der Waals surface area contributed by atoms with Gasteiger partial charge in [0.1, 0.15) is 0 Å². The predicted molar refractivity (Wildman–Crippen MR) is 262 cm³/mol. The van der Waals surface area contributed by atoms with Crippen LogP contribution in [0, 0.1) is 0 Å². The molecule has 14 nitrogen and oxygen atoms in total. The minimum atomic E-state index is -1.60. The normalized spacial score (nSPS) is 12.2. The maximum atomic E-state index is 13.7. The van der Waals surface area contributed by atoms with Gasteiger partial charge in [-0.25, -0.2) is 0 Å². The highest BCUT2D eigenvalue weighted by Gasteiger charge is 2.27. The van der Waals surface area contributed by atoms with Gasteiger partial charge < -0.3 is 21.3 Å². The third-order valence-electron chi connectivity index (χ3n) is 9.33. The van der Waals surface area contributed by atoms with Crippen molar-refractivity contribution >= 4 is 162 Å². The Hall–Kier alpha value is -5.16. The lowest BCUT2D eigenvalue weighted by atomic mass is 10.0. The van der Waals surface area contributed by atoms with Crippen LogP contribution in [0.1, 0.15) is 59.5 Å². The predicted octanol–water partition coefficient (Wildman–Crippen LogP) is 13.9. The van der Waals surface area contributed by atoms with E-state index >= 15 is 0 Å². The van der Waals surface area contributed by atoms with Crippen LogP contribution in [0.5, 0.6) is 0 Å². The zero-order valence-electron chi connectivity index (χ0n) is 34.8. The van der Waals surface area contributed by atoms with Gasteiger partial charge >= 0.3 is 0 Å². The van der Waals surface area contributed by atoms with Crippen LogP contribution in [0.2, 0.25) is 40.2 Å². The monoisotopic (exact) mass is 1050 g/mol. The van der Waals surface area contributed by atoms with E-state index in [1.807, 2.05) is 13.8 Å². The number of benzene rings is 5. The van der Waals surface area contributed by atoms with Gasteiger partial charge in [-0.05, 0) is 111 Å². The number of rotatable bonds is 16. The number of Topliss-reactive ketones (excluding diaryl/α,β-unsaturated/α-hetero) is 2. The molecule has 2 unspecified atom stereocenters. The quantitative estimate of drug-likeness (QED) is 0.0430. The Bertz CT molecular complexity index is 2830. The number of amides is 4. The summed E-state index contributed by atoms with van der Waals surface area (Å²) < 4.78 is 0. The molecule has 0 spiro atoms. The van der Waals surface area contributed by atoms with Crippen LogP contribution < -0.4 is 21.3 Å². The third-order valence-corrected chi connectivity index (χ3v) is 12.1. The Kier molecular flexibility index (Phi) is 18.1. The standard InChI is InChI=1S/C44H34Cl8N8O6/c1-5-21-11-25(53-43(65)38(19(3)61)59-57-23-7-9-28(45)26(13-23)41(63)54-36-17-32(49)30(47)15-34(36)51)12-22(6-2)40(21)56-44(66)39(20(4)62)60-58-24-8-10-29(46)27(14-24)42(64)55-37-18-33(50)31(48)16-35(37)52/h7-18,38-39H,5-6H2,1-4H3,(H,53,65)(H,54,63)(H,55,64)(H,56,66). The molecule has 66 heavy (non-hydrogen) atoms. The van der Waals surface area contributed by atoms with E-state index in [1.54, 1.807) is 12.1 Å². The molecular formula is C44H34Cl8N8O6. The number of anilines is 4. The number of azo groups is 2. The Labute approximate surface area is 417 Å². The number of carbonyl (C=O) groups is 6. The first-order valence-corrected chi connectivity index (χ1v) is 22.3. The van der Waals surface area contributed by atoms with Crippen LogP contribution >= 0.6 is 92.8 Å². The molecule has 0 aromatic heterocycles. The highest BCUT2D eigenvalue weighted by Crippen LogP contribution is 2.35. The van der Waals surface area contributed by atoms with Crippen molar-refractivity contribution in [1.29, 1.82) is 0 Å². The summed E-state index contributed by atoms with van der Waals surface area (Å²) in [5.74, 6) is -4.21. The molecule has 5 rings (SSSR count). The summed E-state index contributed by atoms with van der Waals surface area (Å²) in [6.45, 7) is 5.97. The lowest BCUT2D eigenvalue weighted by Gasteiger charge is -2.19. The van der Waals surface area contributed by atoms with Gasteiger partial charge in [-0.2, -0.15) is 20.5 Å². The molecule has 0 aliphatic rings. The first-order valence-electron chi connectivity index (χ1n) is 19.3. The van der Waals surface area contributed by atoms with E-state index in [1.165, 1.54) is 74.5 Å². The molecule has 342 valence electrons. The van der Waals surface area contributed by atoms with Crippen molar-refractivity contribution < 1.29 is 28.8 Å². The summed E-state index contributed by atoms with van der Waals surface area (Å²) in [4.78, 5) is 78.9. The summed E-state index contributed by atoms with van der Waals surface area (Å²) in [5, 5.41) is 27.9. The highest BCUT2D eigenvalue weighted by molar-refractivity contribution is 6.45. The largest absolute Gasteiger partial charge is 0.324 e. The summed E-state index contributed by atoms with van der Waals surface area (Å²) in [5.41, 5.74) is 2.31. The summed E-state index contributed by atoms with van der Waals surface area (Å²) >= 11 is 49.2. The van der Waals surface area contributed by atoms with Gasteiger partial charge in [0, 0.05) is 11.4 Å². The molecule has 0 fully saturated rings. The number of aryl methyl sites for hydroxylation is 2. The van der Waals surface area contributed by atoms with Crippen LogP contribution in [-0.4, -0.2) is 47.3 Å². The molecule has 5 aromatic carbocycles. The molecule has 22 heteroatoms. The second-order valence-corrected chi connectivity index (χ2v) is 17.3. The smallest absolute Gasteiger partial charge is 0.258 e. The van der Waals surface area contributed by atoms with E-state index in [4.69, 9.17) is 92.8 Å². The van der Waals surface area contributed by atoms with E-state index in [-0.39, 0.29) is 79.7 Å². The lowest BCUT2D eigenvalue weighted by Crippen LogP contribution is -2.33.